The van der Waals surface area contributed by atoms with Gasteiger partial charge in [-0.3, -0.25) is 4.57 Å². The van der Waals surface area contributed by atoms with E-state index in [9.17, 15) is 0 Å². The van der Waals surface area contributed by atoms with E-state index in [1.165, 1.54) is 64.1 Å². The molecule has 0 saturated heterocycles. The second-order valence-corrected chi connectivity index (χ2v) is 20.0. The van der Waals surface area contributed by atoms with Gasteiger partial charge in [-0.2, -0.15) is 0 Å². The summed E-state index contributed by atoms with van der Waals surface area (Å²) in [5, 5.41) is 9.39. The first-order valence-corrected chi connectivity index (χ1v) is 25.9. The van der Waals surface area contributed by atoms with Gasteiger partial charge in [-0.15, -0.1) is 11.3 Å². The van der Waals surface area contributed by atoms with Gasteiger partial charge in [0.2, 0.25) is 5.95 Å². The lowest BCUT2D eigenvalue weighted by Crippen LogP contribution is -2.09. The molecule has 15 rings (SSSR count). The van der Waals surface area contributed by atoms with Crippen molar-refractivity contribution in [1.82, 2.24) is 19.1 Å². The van der Waals surface area contributed by atoms with Crippen LogP contribution >= 0.6 is 11.3 Å². The van der Waals surface area contributed by atoms with Crippen molar-refractivity contribution in [3.63, 3.8) is 0 Å². The number of rotatable bonds is 8. The summed E-state index contributed by atoms with van der Waals surface area (Å²) >= 11 is 1.81. The normalized spacial score (nSPS) is 11.8. The third-order valence-electron chi connectivity index (χ3n) is 14.7. The lowest BCUT2D eigenvalue weighted by molar-refractivity contribution is 1.01. The number of anilines is 3. The van der Waals surface area contributed by atoms with Gasteiger partial charge in [0.1, 0.15) is 0 Å². The zero-order valence-corrected chi connectivity index (χ0v) is 40.8. The highest BCUT2D eigenvalue weighted by molar-refractivity contribution is 7.23. The molecule has 0 aliphatic carbocycles. The van der Waals surface area contributed by atoms with Crippen LogP contribution in [0.3, 0.4) is 0 Å². The molecule has 11 aromatic carbocycles. The van der Waals surface area contributed by atoms with Gasteiger partial charge in [-0.1, -0.05) is 170 Å². The van der Waals surface area contributed by atoms with Gasteiger partial charge in [-0.05, 0) is 124 Å². The van der Waals surface area contributed by atoms with Crippen LogP contribution in [0.15, 0.2) is 261 Å². The predicted octanol–water partition coefficient (Wildman–Crippen LogP) is 18.7. The fourth-order valence-electron chi connectivity index (χ4n) is 11.4. The van der Waals surface area contributed by atoms with E-state index >= 15 is 0 Å². The molecule has 0 bridgehead atoms. The molecule has 74 heavy (non-hydrogen) atoms. The molecule has 0 fully saturated rings. The van der Waals surface area contributed by atoms with Crippen LogP contribution in [-0.4, -0.2) is 19.1 Å². The second-order valence-electron chi connectivity index (χ2n) is 18.9. The molecule has 0 aliphatic rings. The Morgan fingerprint density at radius 2 is 0.946 bits per heavy atom. The smallest absolute Gasteiger partial charge is 0.235 e. The van der Waals surface area contributed by atoms with Gasteiger partial charge in [0.15, 0.2) is 0 Å². The van der Waals surface area contributed by atoms with Crippen molar-refractivity contribution in [3.05, 3.63) is 261 Å². The first-order valence-electron chi connectivity index (χ1n) is 25.1. The van der Waals surface area contributed by atoms with Gasteiger partial charge in [-0.25, -0.2) is 9.97 Å². The quantitative estimate of drug-likeness (QED) is 0.152. The second kappa shape index (κ2) is 17.0. The van der Waals surface area contributed by atoms with Crippen LogP contribution in [0.5, 0.6) is 0 Å². The van der Waals surface area contributed by atoms with E-state index in [1.807, 2.05) is 0 Å². The molecule has 0 aliphatic heterocycles. The molecule has 6 heteroatoms. The number of benzene rings is 11. The molecule has 0 atom stereocenters. The fraction of sp³-hybridized carbons (Fsp3) is 0. The predicted molar refractivity (Wildman–Crippen MR) is 312 cm³/mol. The Hall–Kier alpha value is -9.62. The van der Waals surface area contributed by atoms with Gasteiger partial charge < -0.3 is 9.47 Å². The van der Waals surface area contributed by atoms with E-state index < -0.39 is 0 Å². The molecule has 0 spiro atoms. The van der Waals surface area contributed by atoms with Gasteiger partial charge in [0, 0.05) is 64.8 Å². The number of thiophene rings is 1. The molecule has 0 unspecified atom stereocenters. The molecule has 5 nitrogen and oxygen atoms in total. The maximum atomic E-state index is 5.75. The van der Waals surface area contributed by atoms with Crippen LogP contribution in [-0.2, 0) is 0 Å². The highest BCUT2D eigenvalue weighted by atomic mass is 32.1. The summed E-state index contributed by atoms with van der Waals surface area (Å²) < 4.78 is 5.85. The highest BCUT2D eigenvalue weighted by Gasteiger charge is 2.23. The van der Waals surface area contributed by atoms with Crippen molar-refractivity contribution in [2.24, 2.45) is 0 Å². The number of aromatic nitrogens is 4. The van der Waals surface area contributed by atoms with E-state index in [-0.39, 0.29) is 0 Å². The minimum Gasteiger partial charge on any atom is -0.311 e. The maximum absolute atomic E-state index is 5.75. The average Bonchev–Trinajstić information content (AvgIpc) is 4.19. The van der Waals surface area contributed by atoms with Crippen LogP contribution in [0, 0.1) is 0 Å². The monoisotopic (exact) mass is 961 g/mol. The molecule has 4 aromatic heterocycles. The Morgan fingerprint density at radius 3 is 1.72 bits per heavy atom. The van der Waals surface area contributed by atoms with Crippen molar-refractivity contribution in [2.75, 3.05) is 4.90 Å². The topological polar surface area (TPSA) is 38.9 Å². The van der Waals surface area contributed by atoms with Gasteiger partial charge in [0.25, 0.3) is 0 Å². The van der Waals surface area contributed by atoms with Crippen molar-refractivity contribution >= 4 is 104 Å². The Morgan fingerprint density at radius 1 is 0.351 bits per heavy atom. The van der Waals surface area contributed by atoms with Gasteiger partial charge >= 0.3 is 0 Å². The SMILES string of the molecule is c1ccc(-c2cc3ccc4nc(-n5c6ccc(-c7cccc8c7c7ccccc7n8-c7ccccc7)cc6c6c7ccccc7ccc65)nc(-c5ccc(N(c6ccccc6)c6ccccc6)cc5)c4c3s2)cc1. The third-order valence-corrected chi connectivity index (χ3v) is 15.9. The maximum Gasteiger partial charge on any atom is 0.235 e. The number of nitrogens with zero attached hydrogens (tertiary/aromatic N) is 5. The zero-order valence-electron chi connectivity index (χ0n) is 40.0. The van der Waals surface area contributed by atoms with Crippen LogP contribution in [0.25, 0.3) is 120 Å². The van der Waals surface area contributed by atoms with E-state index in [0.29, 0.717) is 5.95 Å². The molecule has 0 N–H and O–H groups in total. The minimum absolute atomic E-state index is 0.627. The van der Waals surface area contributed by atoms with Crippen molar-refractivity contribution < 1.29 is 0 Å². The molecule has 0 saturated carbocycles. The lowest BCUT2D eigenvalue weighted by atomic mass is 9.97. The van der Waals surface area contributed by atoms with Crippen LogP contribution in [0.4, 0.5) is 17.1 Å². The average molecular weight is 962 g/mol. The van der Waals surface area contributed by atoms with Crippen LogP contribution < -0.4 is 4.90 Å². The first-order chi connectivity index (χ1) is 36.7. The molecule has 0 radical (unpaired) electrons. The molecule has 15 aromatic rings. The third kappa shape index (κ3) is 6.69. The summed E-state index contributed by atoms with van der Waals surface area (Å²) in [7, 11) is 0. The minimum atomic E-state index is 0.627. The summed E-state index contributed by atoms with van der Waals surface area (Å²) in [5.41, 5.74) is 15.2. The molecular weight excluding hydrogens is 919 g/mol. The lowest BCUT2D eigenvalue weighted by Gasteiger charge is -2.25. The summed E-state index contributed by atoms with van der Waals surface area (Å²) in [6.45, 7) is 0. The van der Waals surface area contributed by atoms with Crippen molar-refractivity contribution in [3.8, 4) is 44.5 Å². The summed E-state index contributed by atoms with van der Waals surface area (Å²) in [5.74, 6) is 0.627. The first kappa shape index (κ1) is 42.1. The molecule has 346 valence electrons. The van der Waals surface area contributed by atoms with E-state index in [1.54, 1.807) is 11.3 Å². The van der Waals surface area contributed by atoms with Crippen LogP contribution in [0.2, 0.25) is 0 Å². The van der Waals surface area contributed by atoms with Crippen LogP contribution in [0.1, 0.15) is 0 Å². The Balaban J connectivity index is 0.969. The van der Waals surface area contributed by atoms with Gasteiger partial charge in [0.05, 0.1) is 33.3 Å². The molecular formula is C68H43N5S. The number of para-hydroxylation sites is 4. The standard InChI is InChI=1S/C68H43N5S/c1-5-19-45(20-6-1)62-43-48-34-39-57-65(67(48)74-62)66(46-32-37-52(38-33-46)71(49-21-7-2-8-22-49)50-23-9-3-10-24-50)70-68(69-57)73-59-40-36-47(42-56(59)64-53-27-14-13-18-44(53)35-41-61(64)73)54-29-17-31-60-63(54)55-28-15-16-30-58(55)72(60)51-25-11-4-12-26-51/h1-43H. The fourth-order valence-corrected chi connectivity index (χ4v) is 12.6. The van der Waals surface area contributed by atoms with Crippen molar-refractivity contribution in [2.45, 2.75) is 0 Å². The molecule has 4 heterocycles. The summed E-state index contributed by atoms with van der Waals surface area (Å²) in [6, 6.07) is 93.8. The Labute approximate surface area is 430 Å². The highest BCUT2D eigenvalue weighted by Crippen LogP contribution is 2.45. The van der Waals surface area contributed by atoms with E-state index in [0.717, 1.165) is 66.9 Å². The Kier molecular flexibility index (Phi) is 9.68. The van der Waals surface area contributed by atoms with E-state index in [4.69, 9.17) is 9.97 Å². The number of fused-ring (bicyclic) bond motifs is 11. The Bertz CT molecular complexity index is 4600. The molecule has 0 amide bonds. The van der Waals surface area contributed by atoms with E-state index in [2.05, 4.69) is 275 Å². The number of hydrogen-bond acceptors (Lipinski definition) is 4. The van der Waals surface area contributed by atoms with Crippen molar-refractivity contribution in [1.29, 1.82) is 0 Å². The number of hydrogen-bond donors (Lipinski definition) is 0. The largest absolute Gasteiger partial charge is 0.311 e. The zero-order chi connectivity index (χ0) is 48.7. The summed E-state index contributed by atoms with van der Waals surface area (Å²) in [6.07, 6.45) is 0. The summed E-state index contributed by atoms with van der Waals surface area (Å²) in [4.78, 5) is 14.8.